The number of carbonyl (C=O) groups is 1. The molecule has 0 radical (unpaired) electrons. The summed E-state index contributed by atoms with van der Waals surface area (Å²) in [7, 11) is 0. The second-order valence-corrected chi connectivity index (χ2v) is 3.30. The molecule has 1 amide bonds. The summed E-state index contributed by atoms with van der Waals surface area (Å²) < 4.78 is 35.4. The van der Waals surface area contributed by atoms with Gasteiger partial charge < -0.3 is 5.32 Å². The summed E-state index contributed by atoms with van der Waals surface area (Å²) in [4.78, 5) is 11.1. The van der Waals surface area contributed by atoms with E-state index in [0.29, 0.717) is 6.42 Å². The van der Waals surface area contributed by atoms with E-state index in [9.17, 15) is 18.0 Å². The van der Waals surface area contributed by atoms with Gasteiger partial charge in [-0.25, -0.2) is 0 Å². The number of H-pyrrole nitrogens is 1. The molecule has 0 aliphatic heterocycles. The number of nitrogens with zero attached hydrogens (tertiary/aromatic N) is 1. The molecule has 7 heteroatoms. The average Bonchev–Trinajstić information content (AvgIpc) is 2.61. The Hall–Kier alpha value is -1.53. The summed E-state index contributed by atoms with van der Waals surface area (Å²) in [5.41, 5.74) is 0.811. The van der Waals surface area contributed by atoms with Crippen molar-refractivity contribution in [3.8, 4) is 0 Å². The number of aromatic amines is 1. The number of anilines is 1. The van der Waals surface area contributed by atoms with E-state index in [1.165, 1.54) is 0 Å². The monoisotopic (exact) mass is 235 g/mol. The molecule has 0 spiro atoms. The molecule has 2 N–H and O–H groups in total. The van der Waals surface area contributed by atoms with Crippen molar-refractivity contribution in [2.45, 2.75) is 32.4 Å². The van der Waals surface area contributed by atoms with Crippen LogP contribution in [0.3, 0.4) is 0 Å². The molecule has 0 aromatic carbocycles. The topological polar surface area (TPSA) is 57.8 Å². The first-order valence-corrected chi connectivity index (χ1v) is 4.81. The standard InChI is InChI=1S/C9H12F3N3O/c1-2-6-5-7(15-14-6)13-8(16)3-4-9(10,11)12/h5H,2-4H2,1H3,(H2,13,14,15,16). The van der Waals surface area contributed by atoms with Crippen molar-refractivity contribution < 1.29 is 18.0 Å². The fourth-order valence-electron chi connectivity index (χ4n) is 1.07. The van der Waals surface area contributed by atoms with Crippen LogP contribution in [-0.2, 0) is 11.2 Å². The number of aromatic nitrogens is 2. The molecule has 1 aromatic heterocycles. The maximum Gasteiger partial charge on any atom is 0.389 e. The fraction of sp³-hybridized carbons (Fsp3) is 0.556. The Kier molecular flexibility index (Phi) is 3.92. The summed E-state index contributed by atoms with van der Waals surface area (Å²) in [6, 6.07) is 1.59. The Morgan fingerprint density at radius 3 is 2.75 bits per heavy atom. The summed E-state index contributed by atoms with van der Waals surface area (Å²) in [6.07, 6.45) is -5.30. The van der Waals surface area contributed by atoms with E-state index in [2.05, 4.69) is 15.5 Å². The average molecular weight is 235 g/mol. The van der Waals surface area contributed by atoms with Gasteiger partial charge in [0.05, 0.1) is 6.42 Å². The summed E-state index contributed by atoms with van der Waals surface area (Å²) in [6.45, 7) is 1.89. The molecule has 0 aliphatic rings. The van der Waals surface area contributed by atoms with Crippen molar-refractivity contribution in [2.24, 2.45) is 0 Å². The second-order valence-electron chi connectivity index (χ2n) is 3.30. The Balaban J connectivity index is 2.40. The Bertz CT molecular complexity index is 359. The van der Waals surface area contributed by atoms with E-state index < -0.39 is 24.9 Å². The van der Waals surface area contributed by atoms with Crippen LogP contribution in [-0.4, -0.2) is 22.3 Å². The van der Waals surface area contributed by atoms with Crippen molar-refractivity contribution in [3.05, 3.63) is 11.8 Å². The van der Waals surface area contributed by atoms with Crippen LogP contribution in [0.2, 0.25) is 0 Å². The number of hydrogen-bond donors (Lipinski definition) is 2. The van der Waals surface area contributed by atoms with Gasteiger partial charge in [-0.3, -0.25) is 9.89 Å². The molecule has 0 fully saturated rings. The number of carbonyl (C=O) groups excluding carboxylic acids is 1. The van der Waals surface area contributed by atoms with Crippen LogP contribution in [0.1, 0.15) is 25.5 Å². The lowest BCUT2D eigenvalue weighted by atomic mass is 10.3. The largest absolute Gasteiger partial charge is 0.389 e. The molecule has 0 saturated heterocycles. The first-order valence-electron chi connectivity index (χ1n) is 4.81. The molecule has 1 heterocycles. The van der Waals surface area contributed by atoms with Crippen molar-refractivity contribution in [1.82, 2.24) is 10.2 Å². The normalized spacial score (nSPS) is 11.5. The van der Waals surface area contributed by atoms with Gasteiger partial charge in [-0.15, -0.1) is 0 Å². The minimum Gasteiger partial charge on any atom is -0.309 e. The number of aryl methyl sites for hydroxylation is 1. The quantitative estimate of drug-likeness (QED) is 0.840. The summed E-state index contributed by atoms with van der Waals surface area (Å²) in [5, 5.41) is 8.67. The molecular formula is C9H12F3N3O. The Morgan fingerprint density at radius 2 is 2.25 bits per heavy atom. The molecule has 1 aromatic rings. The summed E-state index contributed by atoms with van der Waals surface area (Å²) in [5.74, 6) is -0.435. The van der Waals surface area contributed by atoms with E-state index in [4.69, 9.17) is 0 Å². The SMILES string of the molecule is CCc1cc(NC(=O)CCC(F)(F)F)n[nH]1. The maximum atomic E-state index is 11.8. The smallest absolute Gasteiger partial charge is 0.309 e. The zero-order valence-corrected chi connectivity index (χ0v) is 8.69. The van der Waals surface area contributed by atoms with Gasteiger partial charge in [-0.05, 0) is 6.42 Å². The molecule has 90 valence electrons. The zero-order valence-electron chi connectivity index (χ0n) is 8.69. The Labute approximate surface area is 90.2 Å². The molecule has 1 rings (SSSR count). The second kappa shape index (κ2) is 5.00. The zero-order chi connectivity index (χ0) is 12.2. The number of halogens is 3. The van der Waals surface area contributed by atoms with E-state index >= 15 is 0 Å². The highest BCUT2D eigenvalue weighted by Crippen LogP contribution is 2.21. The highest BCUT2D eigenvalue weighted by atomic mass is 19.4. The van der Waals surface area contributed by atoms with Crippen LogP contribution in [0.5, 0.6) is 0 Å². The van der Waals surface area contributed by atoms with Crippen molar-refractivity contribution >= 4 is 11.7 Å². The van der Waals surface area contributed by atoms with Gasteiger partial charge in [0.15, 0.2) is 5.82 Å². The van der Waals surface area contributed by atoms with Gasteiger partial charge in [-0.1, -0.05) is 6.92 Å². The van der Waals surface area contributed by atoms with Gasteiger partial charge >= 0.3 is 6.18 Å². The number of rotatable bonds is 4. The first kappa shape index (κ1) is 12.5. The van der Waals surface area contributed by atoms with Gasteiger partial charge in [0.2, 0.25) is 5.91 Å². The van der Waals surface area contributed by atoms with Gasteiger partial charge in [0.25, 0.3) is 0 Å². The molecule has 0 saturated carbocycles. The maximum absolute atomic E-state index is 11.8. The third-order valence-corrected chi connectivity index (χ3v) is 1.91. The predicted octanol–water partition coefficient (Wildman–Crippen LogP) is 2.25. The minimum atomic E-state index is -4.31. The van der Waals surface area contributed by atoms with Gasteiger partial charge in [0.1, 0.15) is 0 Å². The predicted molar refractivity (Wildman–Crippen MR) is 51.9 cm³/mol. The van der Waals surface area contributed by atoms with Gasteiger partial charge in [0, 0.05) is 18.2 Å². The van der Waals surface area contributed by atoms with E-state index in [0.717, 1.165) is 5.69 Å². The number of hydrogen-bond acceptors (Lipinski definition) is 2. The molecule has 0 unspecified atom stereocenters. The molecule has 0 bridgehead atoms. The lowest BCUT2D eigenvalue weighted by Gasteiger charge is -2.05. The van der Waals surface area contributed by atoms with Crippen molar-refractivity contribution in [3.63, 3.8) is 0 Å². The van der Waals surface area contributed by atoms with Crippen LogP contribution >= 0.6 is 0 Å². The molecular weight excluding hydrogens is 223 g/mol. The van der Waals surface area contributed by atoms with Gasteiger partial charge in [-0.2, -0.15) is 18.3 Å². The van der Waals surface area contributed by atoms with Crippen LogP contribution in [0.4, 0.5) is 19.0 Å². The molecule has 16 heavy (non-hydrogen) atoms. The number of alkyl halides is 3. The molecule has 4 nitrogen and oxygen atoms in total. The Morgan fingerprint density at radius 1 is 1.56 bits per heavy atom. The highest BCUT2D eigenvalue weighted by Gasteiger charge is 2.27. The highest BCUT2D eigenvalue weighted by molar-refractivity contribution is 5.89. The lowest BCUT2D eigenvalue weighted by Crippen LogP contribution is -2.16. The lowest BCUT2D eigenvalue weighted by molar-refractivity contribution is -0.142. The van der Waals surface area contributed by atoms with E-state index in [1.54, 1.807) is 6.07 Å². The van der Waals surface area contributed by atoms with Crippen molar-refractivity contribution in [2.75, 3.05) is 5.32 Å². The van der Waals surface area contributed by atoms with E-state index in [-0.39, 0.29) is 5.82 Å². The third kappa shape index (κ3) is 4.33. The van der Waals surface area contributed by atoms with Crippen LogP contribution < -0.4 is 5.32 Å². The first-order chi connectivity index (χ1) is 7.40. The van der Waals surface area contributed by atoms with Crippen molar-refractivity contribution in [1.29, 1.82) is 0 Å². The van der Waals surface area contributed by atoms with Crippen LogP contribution in [0.15, 0.2) is 6.07 Å². The number of nitrogens with one attached hydrogen (secondary N) is 2. The van der Waals surface area contributed by atoms with E-state index in [1.807, 2.05) is 6.92 Å². The minimum absolute atomic E-state index is 0.254. The number of amides is 1. The molecule has 0 aliphatic carbocycles. The molecule has 0 atom stereocenters. The van der Waals surface area contributed by atoms with Crippen LogP contribution in [0.25, 0.3) is 0 Å². The van der Waals surface area contributed by atoms with Crippen LogP contribution in [0, 0.1) is 0 Å². The third-order valence-electron chi connectivity index (χ3n) is 1.91. The fourth-order valence-corrected chi connectivity index (χ4v) is 1.07. The summed E-state index contributed by atoms with van der Waals surface area (Å²) >= 11 is 0.